The molecule has 0 bridgehead atoms. The molecule has 0 saturated carbocycles. The van der Waals surface area contributed by atoms with Gasteiger partial charge >= 0.3 is 6.03 Å². The maximum atomic E-state index is 11.9. The van der Waals surface area contributed by atoms with Crippen molar-refractivity contribution in [3.63, 3.8) is 0 Å². The van der Waals surface area contributed by atoms with Gasteiger partial charge in [0.1, 0.15) is 12.3 Å². The van der Waals surface area contributed by atoms with Crippen molar-refractivity contribution in [3.8, 4) is 5.75 Å². The summed E-state index contributed by atoms with van der Waals surface area (Å²) >= 11 is 0. The average Bonchev–Trinajstić information content (AvgIpc) is 2.64. The third-order valence-corrected chi connectivity index (χ3v) is 2.75. The monoisotopic (exact) mass is 234 g/mol. The van der Waals surface area contributed by atoms with Crippen LogP contribution in [0.2, 0.25) is 0 Å². The number of methoxy groups -OCH3 is 1. The second kappa shape index (κ2) is 4.45. The number of likely N-dealkylation sites (N-methyl/N-ethyl adjacent to an activating group) is 1. The highest BCUT2D eigenvalue weighted by molar-refractivity contribution is 6.19. The number of urea groups is 1. The highest BCUT2D eigenvalue weighted by Gasteiger charge is 2.35. The minimum atomic E-state index is -0.261. The number of hydrogen-bond donors (Lipinski definition) is 0. The van der Waals surface area contributed by atoms with Gasteiger partial charge in [-0.1, -0.05) is 0 Å². The summed E-state index contributed by atoms with van der Waals surface area (Å²) < 4.78 is 5.03. The smallest absolute Gasteiger partial charge is 0.331 e. The van der Waals surface area contributed by atoms with Crippen molar-refractivity contribution in [1.29, 1.82) is 0 Å². The zero-order valence-electron chi connectivity index (χ0n) is 9.84. The highest BCUT2D eigenvalue weighted by atomic mass is 16.5. The van der Waals surface area contributed by atoms with Crippen LogP contribution >= 0.6 is 0 Å². The lowest BCUT2D eigenvalue weighted by atomic mass is 10.3. The second-order valence-electron chi connectivity index (χ2n) is 3.72. The number of nitrogens with zero attached hydrogens (tertiary/aromatic N) is 2. The summed E-state index contributed by atoms with van der Waals surface area (Å²) in [6.07, 6.45) is 0. The van der Waals surface area contributed by atoms with Crippen molar-refractivity contribution < 1.29 is 14.3 Å². The summed E-state index contributed by atoms with van der Waals surface area (Å²) in [5.41, 5.74) is 0.580. The molecule has 1 aliphatic rings. The third kappa shape index (κ3) is 1.95. The fraction of sp³-hybridized carbons (Fsp3) is 0.333. The summed E-state index contributed by atoms with van der Waals surface area (Å²) in [5.74, 6) is 0.502. The summed E-state index contributed by atoms with van der Waals surface area (Å²) in [6.45, 7) is 2.54. The first-order chi connectivity index (χ1) is 8.17. The Balaban J connectivity index is 2.27. The molecule has 3 amide bonds. The molecule has 5 nitrogen and oxygen atoms in total. The van der Waals surface area contributed by atoms with Crippen LogP contribution < -0.4 is 9.64 Å². The first-order valence-corrected chi connectivity index (χ1v) is 5.43. The summed E-state index contributed by atoms with van der Waals surface area (Å²) in [6, 6.07) is 6.60. The van der Waals surface area contributed by atoms with E-state index < -0.39 is 0 Å². The number of ether oxygens (including phenoxy) is 1. The Hall–Kier alpha value is -2.04. The lowest BCUT2D eigenvalue weighted by Gasteiger charge is -2.15. The standard InChI is InChI=1S/C12H14N2O3/c1-3-13-8-11(15)14(12(13)16)9-4-6-10(17-2)7-5-9/h4-7H,3,8H2,1-2H3. The van der Waals surface area contributed by atoms with E-state index >= 15 is 0 Å². The number of anilines is 1. The van der Waals surface area contributed by atoms with Crippen molar-refractivity contribution in [2.75, 3.05) is 25.1 Å². The van der Waals surface area contributed by atoms with Gasteiger partial charge in [-0.25, -0.2) is 9.69 Å². The van der Waals surface area contributed by atoms with Crippen LogP contribution in [-0.4, -0.2) is 37.0 Å². The van der Waals surface area contributed by atoms with Gasteiger partial charge in [-0.15, -0.1) is 0 Å². The molecule has 0 N–H and O–H groups in total. The van der Waals surface area contributed by atoms with Crippen LogP contribution in [0.4, 0.5) is 10.5 Å². The maximum Gasteiger partial charge on any atom is 0.331 e. The lowest BCUT2D eigenvalue weighted by Crippen LogP contribution is -2.32. The second-order valence-corrected chi connectivity index (χ2v) is 3.72. The van der Waals surface area contributed by atoms with Crippen molar-refractivity contribution in [2.24, 2.45) is 0 Å². The number of benzene rings is 1. The van der Waals surface area contributed by atoms with Crippen molar-refractivity contribution in [2.45, 2.75) is 6.92 Å². The molecule has 0 radical (unpaired) electrons. The largest absolute Gasteiger partial charge is 0.497 e. The quantitative estimate of drug-likeness (QED) is 0.744. The molecular formula is C12H14N2O3. The molecule has 1 aliphatic heterocycles. The Labute approximate surface area is 99.6 Å². The predicted molar refractivity (Wildman–Crippen MR) is 63.1 cm³/mol. The molecule has 5 heteroatoms. The van der Waals surface area contributed by atoms with E-state index in [0.29, 0.717) is 18.0 Å². The molecule has 1 aromatic rings. The molecule has 0 atom stereocenters. The van der Waals surface area contributed by atoms with E-state index in [0.717, 1.165) is 0 Å². The van der Waals surface area contributed by atoms with Gasteiger partial charge < -0.3 is 9.64 Å². The normalized spacial score (nSPS) is 15.6. The van der Waals surface area contributed by atoms with Crippen LogP contribution in [0.5, 0.6) is 5.75 Å². The van der Waals surface area contributed by atoms with E-state index in [1.54, 1.807) is 31.4 Å². The molecule has 0 unspecified atom stereocenters. The Kier molecular flexibility index (Phi) is 2.99. The van der Waals surface area contributed by atoms with E-state index in [2.05, 4.69) is 0 Å². The maximum absolute atomic E-state index is 11.9. The van der Waals surface area contributed by atoms with E-state index in [1.807, 2.05) is 6.92 Å². The van der Waals surface area contributed by atoms with E-state index in [4.69, 9.17) is 4.74 Å². The van der Waals surface area contributed by atoms with Gasteiger partial charge in [-0.3, -0.25) is 4.79 Å². The summed E-state index contributed by atoms with van der Waals surface area (Å²) in [7, 11) is 1.57. The molecule has 1 fully saturated rings. The number of amides is 3. The molecular weight excluding hydrogens is 220 g/mol. The van der Waals surface area contributed by atoms with Crippen molar-refractivity contribution in [1.82, 2.24) is 4.90 Å². The number of rotatable bonds is 3. The Bertz CT molecular complexity index is 442. The Morgan fingerprint density at radius 2 is 1.88 bits per heavy atom. The minimum absolute atomic E-state index is 0.154. The van der Waals surface area contributed by atoms with Crippen LogP contribution in [0.15, 0.2) is 24.3 Å². The Morgan fingerprint density at radius 1 is 1.24 bits per heavy atom. The number of imide groups is 1. The average molecular weight is 234 g/mol. The van der Waals surface area contributed by atoms with Crippen LogP contribution in [0, 0.1) is 0 Å². The first kappa shape index (κ1) is 11.4. The van der Waals surface area contributed by atoms with Gasteiger partial charge in [0.15, 0.2) is 0 Å². The third-order valence-electron chi connectivity index (χ3n) is 2.75. The molecule has 0 spiro atoms. The topological polar surface area (TPSA) is 49.9 Å². The Morgan fingerprint density at radius 3 is 2.35 bits per heavy atom. The van der Waals surface area contributed by atoms with Gasteiger partial charge in [-0.05, 0) is 31.2 Å². The van der Waals surface area contributed by atoms with Crippen LogP contribution in [-0.2, 0) is 4.79 Å². The molecule has 0 aliphatic carbocycles. The zero-order chi connectivity index (χ0) is 12.4. The van der Waals surface area contributed by atoms with E-state index in [1.165, 1.54) is 9.80 Å². The molecule has 1 saturated heterocycles. The van der Waals surface area contributed by atoms with Crippen LogP contribution in [0.1, 0.15) is 6.92 Å². The fourth-order valence-electron chi connectivity index (χ4n) is 1.78. The molecule has 1 heterocycles. The number of carbonyl (C=O) groups is 2. The van der Waals surface area contributed by atoms with Gasteiger partial charge in [0, 0.05) is 6.54 Å². The summed E-state index contributed by atoms with van der Waals surface area (Å²) in [4.78, 5) is 26.3. The molecule has 1 aromatic carbocycles. The molecule has 17 heavy (non-hydrogen) atoms. The lowest BCUT2D eigenvalue weighted by molar-refractivity contribution is -0.116. The van der Waals surface area contributed by atoms with Gasteiger partial charge in [-0.2, -0.15) is 0 Å². The van der Waals surface area contributed by atoms with Gasteiger partial charge in [0.25, 0.3) is 5.91 Å². The first-order valence-electron chi connectivity index (χ1n) is 5.43. The van der Waals surface area contributed by atoms with Crippen LogP contribution in [0.25, 0.3) is 0 Å². The molecule has 90 valence electrons. The van der Waals surface area contributed by atoms with Crippen LogP contribution in [0.3, 0.4) is 0 Å². The summed E-state index contributed by atoms with van der Waals surface area (Å²) in [5, 5.41) is 0. The van der Waals surface area contributed by atoms with Gasteiger partial charge in [0.2, 0.25) is 0 Å². The van der Waals surface area contributed by atoms with E-state index in [9.17, 15) is 9.59 Å². The fourth-order valence-corrected chi connectivity index (χ4v) is 1.78. The van der Waals surface area contributed by atoms with Crippen molar-refractivity contribution in [3.05, 3.63) is 24.3 Å². The number of hydrogen-bond acceptors (Lipinski definition) is 3. The zero-order valence-corrected chi connectivity index (χ0v) is 9.84. The van der Waals surface area contributed by atoms with Crippen molar-refractivity contribution >= 4 is 17.6 Å². The number of carbonyl (C=O) groups excluding carboxylic acids is 2. The van der Waals surface area contributed by atoms with E-state index in [-0.39, 0.29) is 18.5 Å². The molecule has 0 aromatic heterocycles. The predicted octanol–water partition coefficient (Wildman–Crippen LogP) is 1.48. The minimum Gasteiger partial charge on any atom is -0.497 e. The van der Waals surface area contributed by atoms with Gasteiger partial charge in [0.05, 0.1) is 12.8 Å². The molecule has 2 rings (SSSR count). The highest BCUT2D eigenvalue weighted by Crippen LogP contribution is 2.23. The SMILES string of the molecule is CCN1CC(=O)N(c2ccc(OC)cc2)C1=O.